The minimum absolute atomic E-state index is 0.326. The summed E-state index contributed by atoms with van der Waals surface area (Å²) in [5.41, 5.74) is 0.326. The van der Waals surface area contributed by atoms with Crippen molar-refractivity contribution in [2.75, 3.05) is 72.7 Å². The van der Waals surface area contributed by atoms with E-state index in [2.05, 4.69) is 22.2 Å². The van der Waals surface area contributed by atoms with E-state index < -0.39 is 0 Å². The first-order valence-electron chi connectivity index (χ1n) is 8.58. The fourth-order valence-corrected chi connectivity index (χ4v) is 4.28. The van der Waals surface area contributed by atoms with Crippen LogP contribution in [0.25, 0.3) is 0 Å². The molecule has 0 aromatic carbocycles. The second kappa shape index (κ2) is 7.38. The van der Waals surface area contributed by atoms with Crippen molar-refractivity contribution in [3.05, 3.63) is 0 Å². The van der Waals surface area contributed by atoms with Crippen LogP contribution in [0.4, 0.5) is 0 Å². The van der Waals surface area contributed by atoms with Gasteiger partial charge in [0, 0.05) is 50.8 Å². The first-order chi connectivity index (χ1) is 10.3. The van der Waals surface area contributed by atoms with Crippen LogP contribution >= 0.6 is 0 Å². The summed E-state index contributed by atoms with van der Waals surface area (Å²) >= 11 is 0. The molecule has 3 saturated heterocycles. The monoisotopic (exact) mass is 297 g/mol. The molecule has 0 bridgehead atoms. The molecule has 5 nitrogen and oxygen atoms in total. The van der Waals surface area contributed by atoms with Gasteiger partial charge in [0.2, 0.25) is 0 Å². The number of hydrogen-bond acceptors (Lipinski definition) is 5. The summed E-state index contributed by atoms with van der Waals surface area (Å²) in [6, 6.07) is 0.741. The average Bonchev–Trinajstić information content (AvgIpc) is 2.97. The number of hydrogen-bond donors (Lipinski definition) is 1. The maximum Gasteiger partial charge on any atom is 0.0594 e. The number of likely N-dealkylation sites (tertiary alicyclic amines) is 1. The minimum Gasteiger partial charge on any atom is -0.381 e. The Morgan fingerprint density at radius 2 is 2.00 bits per heavy atom. The molecule has 0 amide bonds. The van der Waals surface area contributed by atoms with Crippen molar-refractivity contribution in [3.63, 3.8) is 0 Å². The third kappa shape index (κ3) is 3.96. The van der Waals surface area contributed by atoms with Crippen molar-refractivity contribution in [2.45, 2.75) is 25.3 Å². The van der Waals surface area contributed by atoms with Gasteiger partial charge in [0.15, 0.2) is 0 Å². The lowest BCUT2D eigenvalue weighted by atomic mass is 9.82. The van der Waals surface area contributed by atoms with E-state index in [1.165, 1.54) is 38.9 Å². The molecule has 3 fully saturated rings. The molecule has 5 heteroatoms. The average molecular weight is 297 g/mol. The minimum atomic E-state index is 0.326. The topological polar surface area (TPSA) is 37.0 Å². The molecule has 3 aliphatic heterocycles. The van der Waals surface area contributed by atoms with Crippen molar-refractivity contribution in [1.82, 2.24) is 15.1 Å². The number of morpholine rings is 1. The van der Waals surface area contributed by atoms with Crippen LogP contribution in [-0.2, 0) is 9.47 Å². The highest BCUT2D eigenvalue weighted by Crippen LogP contribution is 2.31. The fraction of sp³-hybridized carbons (Fsp3) is 1.00. The van der Waals surface area contributed by atoms with Crippen molar-refractivity contribution in [1.29, 1.82) is 0 Å². The van der Waals surface area contributed by atoms with Gasteiger partial charge in [-0.15, -0.1) is 0 Å². The van der Waals surface area contributed by atoms with Crippen LogP contribution in [-0.4, -0.2) is 88.6 Å². The number of nitrogens with zero attached hydrogens (tertiary/aromatic N) is 2. The van der Waals surface area contributed by atoms with Gasteiger partial charge in [-0.3, -0.25) is 4.90 Å². The Balaban J connectivity index is 1.52. The van der Waals surface area contributed by atoms with Gasteiger partial charge >= 0.3 is 0 Å². The molecule has 0 aliphatic carbocycles. The Kier molecular flexibility index (Phi) is 5.51. The zero-order valence-electron chi connectivity index (χ0n) is 13.5. The van der Waals surface area contributed by atoms with Gasteiger partial charge < -0.3 is 19.7 Å². The lowest BCUT2D eigenvalue weighted by Crippen LogP contribution is -2.49. The molecule has 1 N–H and O–H groups in total. The van der Waals surface area contributed by atoms with Gasteiger partial charge in [0.1, 0.15) is 0 Å². The van der Waals surface area contributed by atoms with Crippen LogP contribution in [0.1, 0.15) is 19.3 Å². The smallest absolute Gasteiger partial charge is 0.0594 e. The number of ether oxygens (including phenoxy) is 2. The second-order valence-electron chi connectivity index (χ2n) is 7.01. The lowest BCUT2D eigenvalue weighted by Gasteiger charge is -2.40. The van der Waals surface area contributed by atoms with E-state index in [1.54, 1.807) is 0 Å². The summed E-state index contributed by atoms with van der Waals surface area (Å²) < 4.78 is 11.3. The highest BCUT2D eigenvalue weighted by Gasteiger charge is 2.37. The van der Waals surface area contributed by atoms with Gasteiger partial charge in [0.05, 0.1) is 19.8 Å². The molecule has 3 aliphatic rings. The molecular weight excluding hydrogens is 266 g/mol. The van der Waals surface area contributed by atoms with Crippen LogP contribution in [0.2, 0.25) is 0 Å². The van der Waals surface area contributed by atoms with Gasteiger partial charge in [-0.1, -0.05) is 0 Å². The van der Waals surface area contributed by atoms with Crippen molar-refractivity contribution in [2.24, 2.45) is 5.41 Å². The highest BCUT2D eigenvalue weighted by atomic mass is 16.5. The quantitative estimate of drug-likeness (QED) is 0.795. The second-order valence-corrected chi connectivity index (χ2v) is 7.01. The summed E-state index contributed by atoms with van der Waals surface area (Å²) in [5, 5.41) is 3.39. The lowest BCUT2D eigenvalue weighted by molar-refractivity contribution is -0.0243. The third-order valence-electron chi connectivity index (χ3n) is 5.32. The molecule has 0 saturated carbocycles. The molecule has 2 atom stereocenters. The Hall–Kier alpha value is -0.200. The van der Waals surface area contributed by atoms with Crippen LogP contribution in [0.15, 0.2) is 0 Å². The summed E-state index contributed by atoms with van der Waals surface area (Å²) in [5.74, 6) is 0. The Labute approximate surface area is 128 Å². The standard InChI is InChI=1S/C16H31N3O2/c1-17-12-16(4-2-8-21-14-16)13-18-5-3-15(11-18)19-6-9-20-10-7-19/h15,17H,2-14H2,1H3. The largest absolute Gasteiger partial charge is 0.381 e. The zero-order valence-corrected chi connectivity index (χ0v) is 13.5. The SMILES string of the molecule is CNCC1(CN2CCC(N3CCOCC3)C2)CCCOC1. The van der Waals surface area contributed by atoms with E-state index in [1.807, 2.05) is 0 Å². The Morgan fingerprint density at radius 3 is 2.71 bits per heavy atom. The van der Waals surface area contributed by atoms with Crippen LogP contribution in [0.5, 0.6) is 0 Å². The van der Waals surface area contributed by atoms with Crippen molar-refractivity contribution < 1.29 is 9.47 Å². The summed E-state index contributed by atoms with van der Waals surface area (Å²) in [6.07, 6.45) is 3.82. The van der Waals surface area contributed by atoms with E-state index in [-0.39, 0.29) is 0 Å². The summed E-state index contributed by atoms with van der Waals surface area (Å²) in [6.45, 7) is 10.7. The van der Waals surface area contributed by atoms with Gasteiger partial charge in [-0.2, -0.15) is 0 Å². The Morgan fingerprint density at radius 1 is 1.14 bits per heavy atom. The van der Waals surface area contributed by atoms with Crippen LogP contribution in [0, 0.1) is 5.41 Å². The molecule has 3 heterocycles. The van der Waals surface area contributed by atoms with Crippen molar-refractivity contribution >= 4 is 0 Å². The van der Waals surface area contributed by atoms with Crippen LogP contribution < -0.4 is 5.32 Å². The number of rotatable bonds is 5. The van der Waals surface area contributed by atoms with E-state index in [0.717, 1.165) is 52.1 Å². The van der Waals surface area contributed by atoms with E-state index in [0.29, 0.717) is 5.41 Å². The predicted octanol–water partition coefficient (Wildman–Crippen LogP) is 0.409. The maximum atomic E-state index is 5.80. The normalized spacial score (nSPS) is 36.1. The molecule has 0 spiro atoms. The third-order valence-corrected chi connectivity index (χ3v) is 5.32. The maximum absolute atomic E-state index is 5.80. The van der Waals surface area contributed by atoms with Gasteiger partial charge in [0.25, 0.3) is 0 Å². The van der Waals surface area contributed by atoms with Gasteiger partial charge in [-0.25, -0.2) is 0 Å². The highest BCUT2D eigenvalue weighted by molar-refractivity contribution is 4.91. The van der Waals surface area contributed by atoms with E-state index in [4.69, 9.17) is 9.47 Å². The molecule has 3 rings (SSSR count). The molecule has 0 aromatic rings. The number of nitrogens with one attached hydrogen (secondary N) is 1. The Bertz CT molecular complexity index is 309. The summed E-state index contributed by atoms with van der Waals surface area (Å²) in [7, 11) is 2.07. The van der Waals surface area contributed by atoms with Crippen molar-refractivity contribution in [3.8, 4) is 0 Å². The van der Waals surface area contributed by atoms with E-state index >= 15 is 0 Å². The molecule has 122 valence electrons. The molecule has 0 radical (unpaired) electrons. The fourth-order valence-electron chi connectivity index (χ4n) is 4.28. The summed E-state index contributed by atoms with van der Waals surface area (Å²) in [4.78, 5) is 5.30. The van der Waals surface area contributed by atoms with Crippen LogP contribution in [0.3, 0.4) is 0 Å². The predicted molar refractivity (Wildman–Crippen MR) is 83.6 cm³/mol. The van der Waals surface area contributed by atoms with Gasteiger partial charge in [-0.05, 0) is 32.9 Å². The molecule has 21 heavy (non-hydrogen) atoms. The first kappa shape index (κ1) is 15.7. The molecule has 2 unspecified atom stereocenters. The first-order valence-corrected chi connectivity index (χ1v) is 8.58. The zero-order chi connectivity index (χ0) is 14.5. The molecular formula is C16H31N3O2. The van der Waals surface area contributed by atoms with E-state index in [9.17, 15) is 0 Å². The molecule has 0 aromatic heterocycles.